The molecule has 0 bridgehead atoms. The van der Waals surface area contributed by atoms with E-state index in [9.17, 15) is 0 Å². The van der Waals surface area contributed by atoms with Gasteiger partial charge in [-0.2, -0.15) is 4.98 Å². The van der Waals surface area contributed by atoms with Crippen molar-refractivity contribution in [1.82, 2.24) is 30.1 Å². The van der Waals surface area contributed by atoms with Gasteiger partial charge in [0.2, 0.25) is 5.82 Å². The first-order valence-electron chi connectivity index (χ1n) is 8.63. The number of nitrogens with one attached hydrogen (secondary N) is 1. The lowest BCUT2D eigenvalue weighted by molar-refractivity contribution is 0.432. The molecular weight excluding hydrogens is 340 g/mol. The second-order valence-electron chi connectivity index (χ2n) is 6.37. The Labute approximate surface area is 154 Å². The quantitative estimate of drug-likeness (QED) is 0.529. The molecule has 132 valence electrons. The molecule has 27 heavy (non-hydrogen) atoms. The lowest BCUT2D eigenvalue weighted by Crippen LogP contribution is -2.03. The van der Waals surface area contributed by atoms with E-state index in [0.29, 0.717) is 24.0 Å². The predicted molar refractivity (Wildman–Crippen MR) is 101 cm³/mol. The highest BCUT2D eigenvalue weighted by molar-refractivity contribution is 5.83. The molecule has 1 N–H and O–H groups in total. The fourth-order valence-electron chi connectivity index (χ4n) is 3.09. The molecule has 5 aromatic rings. The van der Waals surface area contributed by atoms with Crippen LogP contribution in [-0.4, -0.2) is 30.1 Å². The average molecular weight is 356 g/mol. The maximum Gasteiger partial charge on any atom is 0.258 e. The zero-order chi connectivity index (χ0) is 18.2. The Hall–Kier alpha value is -3.74. The average Bonchev–Trinajstić information content (AvgIpc) is 3.42. The van der Waals surface area contributed by atoms with E-state index in [-0.39, 0.29) is 0 Å². The van der Waals surface area contributed by atoms with Crippen molar-refractivity contribution in [2.75, 3.05) is 0 Å². The molecule has 0 atom stereocenters. The van der Waals surface area contributed by atoms with Crippen molar-refractivity contribution in [3.8, 4) is 23.0 Å². The molecule has 0 aliphatic rings. The molecule has 0 amide bonds. The first kappa shape index (κ1) is 15.5. The van der Waals surface area contributed by atoms with E-state index in [4.69, 9.17) is 4.52 Å². The fourth-order valence-corrected chi connectivity index (χ4v) is 3.09. The van der Waals surface area contributed by atoms with Gasteiger partial charge in [0.1, 0.15) is 0 Å². The van der Waals surface area contributed by atoms with Gasteiger partial charge in [-0.25, -0.2) is 4.68 Å². The Balaban J connectivity index is 1.46. The van der Waals surface area contributed by atoms with Gasteiger partial charge in [0.05, 0.1) is 12.2 Å². The van der Waals surface area contributed by atoms with E-state index in [1.165, 1.54) is 0 Å². The Morgan fingerprint density at radius 3 is 2.85 bits per heavy atom. The van der Waals surface area contributed by atoms with Crippen molar-refractivity contribution in [1.29, 1.82) is 0 Å². The van der Waals surface area contributed by atoms with Gasteiger partial charge in [0.25, 0.3) is 5.89 Å². The fraction of sp³-hybridized carbons (Fsp3) is 0.100. The number of H-pyrrole nitrogens is 1. The predicted octanol–water partition coefficient (Wildman–Crippen LogP) is 3.83. The number of rotatable bonds is 4. The van der Waals surface area contributed by atoms with Gasteiger partial charge in [-0.05, 0) is 36.1 Å². The molecule has 2 aromatic carbocycles. The molecule has 3 aromatic heterocycles. The van der Waals surface area contributed by atoms with Crippen LogP contribution in [0.1, 0.15) is 11.3 Å². The van der Waals surface area contributed by atoms with Gasteiger partial charge in [-0.3, -0.25) is 0 Å². The van der Waals surface area contributed by atoms with E-state index in [1.807, 2.05) is 60.3 Å². The van der Waals surface area contributed by atoms with Crippen LogP contribution in [0.5, 0.6) is 0 Å². The largest absolute Gasteiger partial charge is 0.361 e. The van der Waals surface area contributed by atoms with Gasteiger partial charge in [-0.15, -0.1) is 5.10 Å². The number of aromatic nitrogens is 6. The SMILES string of the molecule is Cc1c(-c2noc(-c3ccc4cc[nH]c4c3)n2)nnn1Cc1ccccc1. The summed E-state index contributed by atoms with van der Waals surface area (Å²) in [6.07, 6.45) is 1.90. The lowest BCUT2D eigenvalue weighted by atomic mass is 10.1. The molecule has 3 heterocycles. The molecule has 0 saturated carbocycles. The summed E-state index contributed by atoms with van der Waals surface area (Å²) in [6, 6.07) is 18.1. The number of nitrogens with zero attached hydrogens (tertiary/aromatic N) is 5. The highest BCUT2D eigenvalue weighted by Crippen LogP contribution is 2.25. The molecule has 0 spiro atoms. The summed E-state index contributed by atoms with van der Waals surface area (Å²) < 4.78 is 7.30. The minimum absolute atomic E-state index is 0.438. The highest BCUT2D eigenvalue weighted by atomic mass is 16.5. The highest BCUT2D eigenvalue weighted by Gasteiger charge is 2.18. The normalized spacial score (nSPS) is 11.3. The van der Waals surface area contributed by atoms with E-state index in [2.05, 4.69) is 37.6 Å². The van der Waals surface area contributed by atoms with E-state index in [0.717, 1.165) is 27.7 Å². The first-order valence-corrected chi connectivity index (χ1v) is 8.63. The van der Waals surface area contributed by atoms with Crippen molar-refractivity contribution < 1.29 is 4.52 Å². The minimum atomic E-state index is 0.438. The van der Waals surface area contributed by atoms with Crippen molar-refractivity contribution >= 4 is 10.9 Å². The zero-order valence-corrected chi connectivity index (χ0v) is 14.6. The van der Waals surface area contributed by atoms with Crippen molar-refractivity contribution in [2.45, 2.75) is 13.5 Å². The summed E-state index contributed by atoms with van der Waals surface area (Å²) in [5.41, 5.74) is 4.56. The summed E-state index contributed by atoms with van der Waals surface area (Å²) in [6.45, 7) is 2.60. The number of fused-ring (bicyclic) bond motifs is 1. The second-order valence-corrected chi connectivity index (χ2v) is 6.37. The summed E-state index contributed by atoms with van der Waals surface area (Å²) in [5.74, 6) is 0.895. The second kappa shape index (κ2) is 6.21. The lowest BCUT2D eigenvalue weighted by Gasteiger charge is -2.02. The van der Waals surface area contributed by atoms with Crippen molar-refractivity contribution in [2.24, 2.45) is 0 Å². The van der Waals surface area contributed by atoms with Gasteiger partial charge in [0, 0.05) is 17.3 Å². The van der Waals surface area contributed by atoms with Gasteiger partial charge >= 0.3 is 0 Å². The van der Waals surface area contributed by atoms with Crippen LogP contribution >= 0.6 is 0 Å². The third kappa shape index (κ3) is 2.79. The van der Waals surface area contributed by atoms with E-state index < -0.39 is 0 Å². The smallest absolute Gasteiger partial charge is 0.258 e. The molecule has 7 heteroatoms. The Morgan fingerprint density at radius 1 is 1.07 bits per heavy atom. The topological polar surface area (TPSA) is 85.4 Å². The first-order chi connectivity index (χ1) is 13.3. The van der Waals surface area contributed by atoms with Crippen LogP contribution in [0.3, 0.4) is 0 Å². The van der Waals surface area contributed by atoms with Crippen molar-refractivity contribution in [3.05, 3.63) is 72.1 Å². The third-order valence-corrected chi connectivity index (χ3v) is 4.60. The van der Waals surface area contributed by atoms with Crippen LogP contribution in [0.15, 0.2) is 65.3 Å². The molecule has 0 saturated heterocycles. The molecule has 0 fully saturated rings. The monoisotopic (exact) mass is 356 g/mol. The molecule has 0 aliphatic heterocycles. The van der Waals surface area contributed by atoms with Crippen LogP contribution in [0.4, 0.5) is 0 Å². The molecule has 5 rings (SSSR count). The summed E-state index contributed by atoms with van der Waals surface area (Å²) in [4.78, 5) is 7.70. The maximum atomic E-state index is 5.46. The Bertz CT molecular complexity index is 1220. The number of aromatic amines is 1. The van der Waals surface area contributed by atoms with Crippen LogP contribution in [0.2, 0.25) is 0 Å². The van der Waals surface area contributed by atoms with E-state index in [1.54, 1.807) is 0 Å². The molecule has 7 nitrogen and oxygen atoms in total. The number of benzene rings is 2. The zero-order valence-electron chi connectivity index (χ0n) is 14.6. The van der Waals surface area contributed by atoms with Crippen molar-refractivity contribution in [3.63, 3.8) is 0 Å². The van der Waals surface area contributed by atoms with Crippen LogP contribution in [0.25, 0.3) is 33.9 Å². The van der Waals surface area contributed by atoms with Gasteiger partial charge in [-0.1, -0.05) is 46.8 Å². The standard InChI is InChI=1S/C20H16N6O/c1-13-18(23-25-26(13)12-14-5-3-2-4-6-14)19-22-20(27-24-19)16-8-7-15-9-10-21-17(15)11-16/h2-11,21H,12H2,1H3. The Kier molecular flexibility index (Phi) is 3.57. The summed E-state index contributed by atoms with van der Waals surface area (Å²) >= 11 is 0. The van der Waals surface area contributed by atoms with Crippen LogP contribution in [-0.2, 0) is 6.54 Å². The minimum Gasteiger partial charge on any atom is -0.361 e. The maximum absolute atomic E-state index is 5.46. The number of hydrogen-bond donors (Lipinski definition) is 1. The summed E-state index contributed by atoms with van der Waals surface area (Å²) in [7, 11) is 0. The molecule has 0 aliphatic carbocycles. The van der Waals surface area contributed by atoms with Gasteiger partial charge < -0.3 is 9.51 Å². The van der Waals surface area contributed by atoms with Crippen LogP contribution in [0, 0.1) is 6.92 Å². The summed E-state index contributed by atoms with van der Waals surface area (Å²) in [5, 5.41) is 13.7. The van der Waals surface area contributed by atoms with Gasteiger partial charge in [0.15, 0.2) is 5.69 Å². The van der Waals surface area contributed by atoms with E-state index >= 15 is 0 Å². The van der Waals surface area contributed by atoms with Crippen LogP contribution < -0.4 is 0 Å². The number of hydrogen-bond acceptors (Lipinski definition) is 5. The Morgan fingerprint density at radius 2 is 1.96 bits per heavy atom. The molecular formula is C20H16N6O. The molecule has 0 radical (unpaired) electrons. The third-order valence-electron chi connectivity index (χ3n) is 4.60. The molecule has 0 unspecified atom stereocenters.